The number of carbonyl (C=O) groups excluding carboxylic acids is 3. The fourth-order valence-electron chi connectivity index (χ4n) is 7.34. The molecule has 1 aromatic carbocycles. The van der Waals surface area contributed by atoms with Gasteiger partial charge < -0.3 is 4.74 Å². The summed E-state index contributed by atoms with van der Waals surface area (Å²) in [6, 6.07) is 8.09. The SMILES string of the molecule is CCOC(=O)CC1=CCCC(c2nc(-c3ccc(F)cc3)c(-c3ccnc(N(C(=O)C4CCCCC4)C(=O)C4CCCCC4)n3)s2)CC1. The smallest absolute Gasteiger partial charge is 0.309 e. The van der Waals surface area contributed by atoms with Crippen LogP contribution in [0.4, 0.5) is 10.3 Å². The van der Waals surface area contributed by atoms with E-state index in [1.54, 1.807) is 35.7 Å². The number of imide groups is 1. The Bertz CT molecular complexity index is 1600. The molecule has 2 saturated carbocycles. The van der Waals surface area contributed by atoms with Crippen LogP contribution in [-0.4, -0.2) is 39.3 Å². The number of benzene rings is 1. The Balaban J connectivity index is 1.34. The standard InChI is InChI=1S/C38H45FN4O4S/c1-2-47-32(44)24-25-10-9-15-27(17-16-25)35-42-33(26-18-20-30(39)21-19-26)34(48-35)31-22-23-40-38(41-31)43(36(45)28-11-5-3-6-12-28)37(46)29-13-7-4-8-14-29/h10,18-23,27-29H,2-9,11-17,24H2,1H3. The second kappa shape index (κ2) is 16.1. The molecule has 1 atom stereocenters. The summed E-state index contributed by atoms with van der Waals surface area (Å²) in [7, 11) is 0. The molecule has 3 aliphatic carbocycles. The lowest BCUT2D eigenvalue weighted by Gasteiger charge is -2.30. The van der Waals surface area contributed by atoms with E-state index in [-0.39, 0.29) is 47.3 Å². The number of halogens is 1. The minimum atomic E-state index is -0.331. The van der Waals surface area contributed by atoms with Gasteiger partial charge in [-0.15, -0.1) is 11.3 Å². The number of allylic oxidation sites excluding steroid dienone is 1. The molecule has 2 heterocycles. The number of aromatic nitrogens is 3. The van der Waals surface area contributed by atoms with Crippen LogP contribution in [0.5, 0.6) is 0 Å². The van der Waals surface area contributed by atoms with Crippen LogP contribution in [0.3, 0.4) is 0 Å². The van der Waals surface area contributed by atoms with E-state index >= 15 is 0 Å². The normalized spacial score (nSPS) is 19.3. The highest BCUT2D eigenvalue weighted by atomic mass is 32.1. The first-order chi connectivity index (χ1) is 23.4. The van der Waals surface area contributed by atoms with Gasteiger partial charge in [0.2, 0.25) is 17.8 Å². The Morgan fingerprint density at radius 1 is 0.875 bits per heavy atom. The molecule has 6 rings (SSSR count). The summed E-state index contributed by atoms with van der Waals surface area (Å²) in [6.45, 7) is 2.18. The lowest BCUT2D eigenvalue weighted by atomic mass is 9.86. The number of nitrogens with zero attached hydrogens (tertiary/aromatic N) is 4. The maximum Gasteiger partial charge on any atom is 0.309 e. The number of ether oxygens (including phenoxy) is 1. The minimum absolute atomic E-state index is 0.126. The number of esters is 1. The predicted molar refractivity (Wildman–Crippen MR) is 185 cm³/mol. The van der Waals surface area contributed by atoms with Crippen LogP contribution < -0.4 is 4.90 Å². The molecule has 1 unspecified atom stereocenters. The molecule has 3 aliphatic rings. The largest absolute Gasteiger partial charge is 0.466 e. The summed E-state index contributed by atoms with van der Waals surface area (Å²) in [5, 5.41) is 0.948. The first-order valence-electron chi connectivity index (χ1n) is 17.7. The van der Waals surface area contributed by atoms with Crippen LogP contribution >= 0.6 is 11.3 Å². The van der Waals surface area contributed by atoms with Gasteiger partial charge in [-0.3, -0.25) is 14.4 Å². The Labute approximate surface area is 286 Å². The number of amides is 2. The molecule has 254 valence electrons. The van der Waals surface area contributed by atoms with Crippen molar-refractivity contribution in [3.8, 4) is 21.8 Å². The number of carbonyl (C=O) groups is 3. The molecule has 8 nitrogen and oxygen atoms in total. The molecule has 2 fully saturated rings. The van der Waals surface area contributed by atoms with Gasteiger partial charge in [-0.05, 0) is 88.6 Å². The molecule has 2 aromatic heterocycles. The molecule has 0 radical (unpaired) electrons. The summed E-state index contributed by atoms with van der Waals surface area (Å²) in [5.41, 5.74) is 3.12. The van der Waals surface area contributed by atoms with Gasteiger partial charge in [0.15, 0.2) is 0 Å². The highest BCUT2D eigenvalue weighted by molar-refractivity contribution is 7.15. The maximum absolute atomic E-state index is 14.1. The lowest BCUT2D eigenvalue weighted by Crippen LogP contribution is -2.46. The molecule has 10 heteroatoms. The van der Waals surface area contributed by atoms with Crippen molar-refractivity contribution in [2.45, 2.75) is 109 Å². The third-order valence-electron chi connectivity index (χ3n) is 9.97. The number of rotatable bonds is 9. The number of thiazole rings is 1. The summed E-state index contributed by atoms with van der Waals surface area (Å²) in [4.78, 5) is 57.0. The van der Waals surface area contributed by atoms with E-state index in [9.17, 15) is 18.8 Å². The van der Waals surface area contributed by atoms with E-state index in [1.807, 2.05) is 6.92 Å². The van der Waals surface area contributed by atoms with Gasteiger partial charge in [-0.2, -0.15) is 0 Å². The molecule has 2 amide bonds. The average molecular weight is 673 g/mol. The maximum atomic E-state index is 14.1. The van der Waals surface area contributed by atoms with Crippen LogP contribution in [0, 0.1) is 17.7 Å². The second-order valence-electron chi connectivity index (χ2n) is 13.3. The molecular formula is C38H45FN4O4S. The quantitative estimate of drug-likeness (QED) is 0.127. The van der Waals surface area contributed by atoms with Crippen molar-refractivity contribution in [2.75, 3.05) is 11.5 Å². The van der Waals surface area contributed by atoms with E-state index < -0.39 is 0 Å². The van der Waals surface area contributed by atoms with Crippen LogP contribution in [0.1, 0.15) is 114 Å². The fraction of sp³-hybridized carbons (Fsp3) is 0.526. The topological polar surface area (TPSA) is 102 Å². The van der Waals surface area contributed by atoms with Crippen molar-refractivity contribution >= 4 is 35.1 Å². The Morgan fingerprint density at radius 3 is 2.19 bits per heavy atom. The van der Waals surface area contributed by atoms with Gasteiger partial charge in [-0.1, -0.05) is 50.2 Å². The predicted octanol–water partition coefficient (Wildman–Crippen LogP) is 8.96. The molecule has 0 N–H and O–H groups in total. The number of anilines is 1. The minimum Gasteiger partial charge on any atom is -0.466 e. The van der Waals surface area contributed by atoms with Crippen molar-refractivity contribution in [3.05, 3.63) is 59.0 Å². The molecule has 0 spiro atoms. The number of hydrogen-bond donors (Lipinski definition) is 0. The van der Waals surface area contributed by atoms with Gasteiger partial charge in [0.25, 0.3) is 0 Å². The summed E-state index contributed by atoms with van der Waals surface area (Å²) in [5.74, 6) is -1.02. The van der Waals surface area contributed by atoms with E-state index in [2.05, 4.69) is 11.1 Å². The third kappa shape index (κ3) is 8.08. The fourth-order valence-corrected chi connectivity index (χ4v) is 8.57. The van der Waals surface area contributed by atoms with E-state index in [0.717, 1.165) is 111 Å². The van der Waals surface area contributed by atoms with Gasteiger partial charge in [-0.25, -0.2) is 24.2 Å². The third-order valence-corrected chi connectivity index (χ3v) is 11.2. The Hall–Kier alpha value is -3.79. The van der Waals surface area contributed by atoms with Gasteiger partial charge in [0, 0.05) is 29.5 Å². The molecular weight excluding hydrogens is 628 g/mol. The summed E-state index contributed by atoms with van der Waals surface area (Å²) < 4.78 is 19.2. The Morgan fingerprint density at radius 2 is 1.54 bits per heavy atom. The van der Waals surface area contributed by atoms with Crippen molar-refractivity contribution in [1.29, 1.82) is 0 Å². The van der Waals surface area contributed by atoms with E-state index in [4.69, 9.17) is 14.7 Å². The zero-order valence-electron chi connectivity index (χ0n) is 27.8. The molecule has 48 heavy (non-hydrogen) atoms. The van der Waals surface area contributed by atoms with Gasteiger partial charge in [0.1, 0.15) is 5.82 Å². The summed E-state index contributed by atoms with van der Waals surface area (Å²) in [6.07, 6.45) is 16.7. The zero-order valence-corrected chi connectivity index (χ0v) is 28.6. The van der Waals surface area contributed by atoms with Crippen molar-refractivity contribution < 1.29 is 23.5 Å². The van der Waals surface area contributed by atoms with Crippen molar-refractivity contribution in [1.82, 2.24) is 15.0 Å². The first kappa shape index (κ1) is 34.1. The second-order valence-corrected chi connectivity index (χ2v) is 14.3. The van der Waals surface area contributed by atoms with Crippen molar-refractivity contribution in [3.63, 3.8) is 0 Å². The highest BCUT2D eigenvalue weighted by Gasteiger charge is 2.37. The first-order valence-corrected chi connectivity index (χ1v) is 18.5. The van der Waals surface area contributed by atoms with Gasteiger partial charge >= 0.3 is 5.97 Å². The number of hydrogen-bond acceptors (Lipinski definition) is 8. The van der Waals surface area contributed by atoms with E-state index in [1.165, 1.54) is 17.0 Å². The molecule has 0 aliphatic heterocycles. The summed E-state index contributed by atoms with van der Waals surface area (Å²) >= 11 is 1.55. The molecule has 0 saturated heterocycles. The average Bonchev–Trinajstić information content (AvgIpc) is 3.43. The molecule has 3 aromatic rings. The van der Waals surface area contributed by atoms with Crippen molar-refractivity contribution in [2.24, 2.45) is 11.8 Å². The lowest BCUT2D eigenvalue weighted by molar-refractivity contribution is -0.142. The zero-order chi connectivity index (χ0) is 33.5. The van der Waals surface area contributed by atoms with Crippen LogP contribution in [-0.2, 0) is 19.1 Å². The van der Waals surface area contributed by atoms with Crippen LogP contribution in [0.25, 0.3) is 21.8 Å². The Kier molecular flexibility index (Phi) is 11.4. The monoisotopic (exact) mass is 672 g/mol. The molecule has 0 bridgehead atoms. The van der Waals surface area contributed by atoms with Crippen LogP contribution in [0.2, 0.25) is 0 Å². The van der Waals surface area contributed by atoms with Gasteiger partial charge in [0.05, 0.1) is 34.3 Å². The highest BCUT2D eigenvalue weighted by Crippen LogP contribution is 2.43. The van der Waals surface area contributed by atoms with Crippen LogP contribution in [0.15, 0.2) is 48.2 Å². The van der Waals surface area contributed by atoms with E-state index in [0.29, 0.717) is 24.4 Å².